The van der Waals surface area contributed by atoms with Gasteiger partial charge in [0.05, 0.1) is 0 Å². The van der Waals surface area contributed by atoms with Crippen LogP contribution < -0.4 is 4.90 Å². The summed E-state index contributed by atoms with van der Waals surface area (Å²) < 4.78 is 0. The monoisotopic (exact) mass is 269 g/mol. The normalized spacial score (nSPS) is 11.0. The summed E-state index contributed by atoms with van der Waals surface area (Å²) in [5, 5.41) is 3.50. The fourth-order valence-corrected chi connectivity index (χ4v) is 2.74. The lowest BCUT2D eigenvalue weighted by atomic mass is 10.3. The van der Waals surface area contributed by atoms with E-state index in [0.29, 0.717) is 5.15 Å². The van der Waals surface area contributed by atoms with Gasteiger partial charge in [-0.05, 0) is 24.8 Å². The van der Waals surface area contributed by atoms with Gasteiger partial charge in [0.15, 0.2) is 0 Å². The number of thiophene rings is 1. The molecule has 5 heteroatoms. The highest BCUT2D eigenvalue weighted by atomic mass is 35.5. The van der Waals surface area contributed by atoms with Crippen molar-refractivity contribution in [1.29, 1.82) is 0 Å². The van der Waals surface area contributed by atoms with Gasteiger partial charge in [-0.1, -0.05) is 24.9 Å². The quantitative estimate of drug-likeness (QED) is 0.769. The Morgan fingerprint density at radius 1 is 1.35 bits per heavy atom. The molecule has 17 heavy (non-hydrogen) atoms. The predicted molar refractivity (Wildman–Crippen MR) is 75.2 cm³/mol. The second kappa shape index (κ2) is 5.65. The SMILES string of the molecule is CCCCN(CC)c1nc(Cl)c2ccsc2n1. The number of nitrogens with zero attached hydrogens (tertiary/aromatic N) is 3. The first kappa shape index (κ1) is 12.6. The maximum absolute atomic E-state index is 6.17. The van der Waals surface area contributed by atoms with E-state index in [1.54, 1.807) is 11.3 Å². The Labute approximate surface area is 110 Å². The van der Waals surface area contributed by atoms with Gasteiger partial charge in [0.2, 0.25) is 5.95 Å². The minimum atomic E-state index is 0.557. The summed E-state index contributed by atoms with van der Waals surface area (Å²) in [5.41, 5.74) is 0. The Kier molecular flexibility index (Phi) is 4.18. The van der Waals surface area contributed by atoms with Crippen LogP contribution in [0.5, 0.6) is 0 Å². The molecule has 0 unspecified atom stereocenters. The van der Waals surface area contributed by atoms with Crippen molar-refractivity contribution in [2.24, 2.45) is 0 Å². The molecule has 0 aromatic carbocycles. The van der Waals surface area contributed by atoms with Gasteiger partial charge in [-0.15, -0.1) is 11.3 Å². The minimum absolute atomic E-state index is 0.557. The number of rotatable bonds is 5. The molecule has 2 heterocycles. The summed E-state index contributed by atoms with van der Waals surface area (Å²) in [7, 11) is 0. The third-order valence-corrected chi connectivity index (χ3v) is 3.81. The van der Waals surface area contributed by atoms with Gasteiger partial charge in [0, 0.05) is 18.5 Å². The van der Waals surface area contributed by atoms with E-state index in [4.69, 9.17) is 11.6 Å². The van der Waals surface area contributed by atoms with E-state index in [2.05, 4.69) is 28.7 Å². The second-order valence-electron chi connectivity index (χ2n) is 3.89. The van der Waals surface area contributed by atoms with E-state index in [1.807, 2.05) is 11.4 Å². The summed E-state index contributed by atoms with van der Waals surface area (Å²) in [6, 6.07) is 1.97. The molecule has 0 amide bonds. The van der Waals surface area contributed by atoms with Gasteiger partial charge < -0.3 is 4.90 Å². The molecule has 92 valence electrons. The van der Waals surface area contributed by atoms with Gasteiger partial charge >= 0.3 is 0 Å². The number of anilines is 1. The van der Waals surface area contributed by atoms with Crippen molar-refractivity contribution in [3.05, 3.63) is 16.6 Å². The topological polar surface area (TPSA) is 29.0 Å². The van der Waals surface area contributed by atoms with Gasteiger partial charge in [-0.25, -0.2) is 9.97 Å². The first-order valence-electron chi connectivity index (χ1n) is 5.92. The van der Waals surface area contributed by atoms with Crippen LogP contribution in [0.4, 0.5) is 5.95 Å². The Hall–Kier alpha value is -0.870. The first-order chi connectivity index (χ1) is 8.26. The van der Waals surface area contributed by atoms with Gasteiger partial charge in [0.1, 0.15) is 9.98 Å². The first-order valence-corrected chi connectivity index (χ1v) is 7.17. The van der Waals surface area contributed by atoms with Gasteiger partial charge in [0.25, 0.3) is 0 Å². The van der Waals surface area contributed by atoms with Crippen LogP contribution >= 0.6 is 22.9 Å². The number of halogens is 1. The van der Waals surface area contributed by atoms with E-state index in [9.17, 15) is 0 Å². The standard InChI is InChI=1S/C12H16ClN3S/c1-3-5-7-16(4-2)12-14-10(13)9-6-8-17-11(9)15-12/h6,8H,3-5,7H2,1-2H3. The third kappa shape index (κ3) is 2.69. The minimum Gasteiger partial charge on any atom is -0.341 e. The molecule has 2 aromatic heterocycles. The highest BCUT2D eigenvalue weighted by Crippen LogP contribution is 2.27. The Bertz CT molecular complexity index is 497. The molecule has 0 spiro atoms. The molecule has 0 radical (unpaired) electrons. The molecule has 0 saturated heterocycles. The average Bonchev–Trinajstić information content (AvgIpc) is 2.79. The summed E-state index contributed by atoms with van der Waals surface area (Å²) in [6.07, 6.45) is 2.32. The van der Waals surface area contributed by atoms with Crippen LogP contribution in [0.3, 0.4) is 0 Å². The molecular formula is C12H16ClN3S. The van der Waals surface area contributed by atoms with Crippen molar-refractivity contribution in [3.63, 3.8) is 0 Å². The molecule has 0 fully saturated rings. The van der Waals surface area contributed by atoms with Crippen LogP contribution in [0.1, 0.15) is 26.7 Å². The van der Waals surface area contributed by atoms with Crippen LogP contribution in [0.25, 0.3) is 10.2 Å². The van der Waals surface area contributed by atoms with E-state index in [-0.39, 0.29) is 0 Å². The highest BCUT2D eigenvalue weighted by Gasteiger charge is 2.11. The number of hydrogen-bond acceptors (Lipinski definition) is 4. The number of fused-ring (bicyclic) bond motifs is 1. The van der Waals surface area contributed by atoms with E-state index in [0.717, 1.165) is 35.7 Å². The van der Waals surface area contributed by atoms with Crippen molar-refractivity contribution >= 4 is 39.1 Å². The van der Waals surface area contributed by atoms with Crippen molar-refractivity contribution in [2.75, 3.05) is 18.0 Å². The van der Waals surface area contributed by atoms with Crippen LogP contribution in [0.2, 0.25) is 5.15 Å². The Balaban J connectivity index is 2.32. The number of aromatic nitrogens is 2. The van der Waals surface area contributed by atoms with Crippen LogP contribution in [0.15, 0.2) is 11.4 Å². The molecule has 0 aliphatic rings. The molecule has 0 aliphatic heterocycles. The maximum atomic E-state index is 6.17. The third-order valence-electron chi connectivity index (χ3n) is 2.71. The molecule has 0 atom stereocenters. The maximum Gasteiger partial charge on any atom is 0.228 e. The smallest absolute Gasteiger partial charge is 0.228 e. The summed E-state index contributed by atoms with van der Waals surface area (Å²) in [6.45, 7) is 6.20. The highest BCUT2D eigenvalue weighted by molar-refractivity contribution is 7.16. The van der Waals surface area contributed by atoms with Crippen LogP contribution in [-0.2, 0) is 0 Å². The Morgan fingerprint density at radius 2 is 2.18 bits per heavy atom. The van der Waals surface area contributed by atoms with E-state index < -0.39 is 0 Å². The fourth-order valence-electron chi connectivity index (χ4n) is 1.70. The summed E-state index contributed by atoms with van der Waals surface area (Å²) in [4.78, 5) is 12.1. The average molecular weight is 270 g/mol. The van der Waals surface area contributed by atoms with E-state index >= 15 is 0 Å². The van der Waals surface area contributed by atoms with E-state index in [1.165, 1.54) is 6.42 Å². The lowest BCUT2D eigenvalue weighted by Gasteiger charge is -2.20. The lowest BCUT2D eigenvalue weighted by Crippen LogP contribution is -2.25. The number of unbranched alkanes of at least 4 members (excludes halogenated alkanes) is 1. The number of hydrogen-bond donors (Lipinski definition) is 0. The molecule has 0 aliphatic carbocycles. The molecule has 0 N–H and O–H groups in total. The van der Waals surface area contributed by atoms with Gasteiger partial charge in [-0.3, -0.25) is 0 Å². The predicted octanol–water partition coefficient (Wildman–Crippen LogP) is 3.97. The van der Waals surface area contributed by atoms with Crippen molar-refractivity contribution in [1.82, 2.24) is 9.97 Å². The summed E-state index contributed by atoms with van der Waals surface area (Å²) in [5.74, 6) is 0.751. The zero-order valence-electron chi connectivity index (χ0n) is 10.1. The molecular weight excluding hydrogens is 254 g/mol. The Morgan fingerprint density at radius 3 is 2.88 bits per heavy atom. The molecule has 0 saturated carbocycles. The zero-order chi connectivity index (χ0) is 12.3. The second-order valence-corrected chi connectivity index (χ2v) is 5.14. The van der Waals surface area contributed by atoms with Crippen LogP contribution in [0, 0.1) is 0 Å². The fraction of sp³-hybridized carbons (Fsp3) is 0.500. The van der Waals surface area contributed by atoms with Crippen LogP contribution in [-0.4, -0.2) is 23.1 Å². The lowest BCUT2D eigenvalue weighted by molar-refractivity contribution is 0.716. The van der Waals surface area contributed by atoms with Crippen molar-refractivity contribution < 1.29 is 0 Å². The van der Waals surface area contributed by atoms with Gasteiger partial charge in [-0.2, -0.15) is 0 Å². The summed E-state index contributed by atoms with van der Waals surface area (Å²) >= 11 is 7.77. The molecule has 2 rings (SSSR count). The molecule has 3 nitrogen and oxygen atoms in total. The molecule has 2 aromatic rings. The zero-order valence-corrected chi connectivity index (χ0v) is 11.7. The largest absolute Gasteiger partial charge is 0.341 e. The molecule has 0 bridgehead atoms. The van der Waals surface area contributed by atoms with Crippen molar-refractivity contribution in [3.8, 4) is 0 Å². The van der Waals surface area contributed by atoms with Crippen molar-refractivity contribution in [2.45, 2.75) is 26.7 Å².